The van der Waals surface area contributed by atoms with E-state index in [1.807, 2.05) is 56.3 Å². The number of aromatic nitrogens is 2. The molecule has 0 fully saturated rings. The molecule has 2 aromatic heterocycles. The Kier molecular flexibility index (Phi) is 7.71. The van der Waals surface area contributed by atoms with Gasteiger partial charge >= 0.3 is 5.97 Å². The molecule has 0 saturated carbocycles. The molecule has 0 unspecified atom stereocenters. The summed E-state index contributed by atoms with van der Waals surface area (Å²) in [4.78, 5) is 32.4. The van der Waals surface area contributed by atoms with Crippen molar-refractivity contribution in [3.05, 3.63) is 119 Å². The predicted octanol–water partition coefficient (Wildman–Crippen LogP) is 5.98. The molecule has 0 spiro atoms. The SMILES string of the molecule is CCOC(=O)C1=C(C)N=c2s/c(=C\c3cc(C)n(-c4ccc(Cl)cc4)c3C)c(=O)n2[C@@H]1c1ccc(C(C)C)cc1. The summed E-state index contributed by atoms with van der Waals surface area (Å²) in [7, 11) is 0. The van der Waals surface area contributed by atoms with E-state index in [1.54, 1.807) is 18.4 Å². The van der Waals surface area contributed by atoms with Crippen LogP contribution in [0.1, 0.15) is 67.7 Å². The molecule has 6 nitrogen and oxygen atoms in total. The smallest absolute Gasteiger partial charge is 0.338 e. The van der Waals surface area contributed by atoms with Crippen LogP contribution in [0.5, 0.6) is 0 Å². The van der Waals surface area contributed by atoms with Crippen LogP contribution in [0, 0.1) is 13.8 Å². The Hall–Kier alpha value is -3.68. The van der Waals surface area contributed by atoms with Gasteiger partial charge in [-0.2, -0.15) is 0 Å². The first-order chi connectivity index (χ1) is 19.1. The van der Waals surface area contributed by atoms with Gasteiger partial charge in [0.25, 0.3) is 5.56 Å². The fourth-order valence-electron chi connectivity index (χ4n) is 5.23. The molecule has 0 N–H and O–H groups in total. The third-order valence-electron chi connectivity index (χ3n) is 7.28. The molecule has 1 aliphatic heterocycles. The minimum Gasteiger partial charge on any atom is -0.463 e. The number of halogens is 1. The highest BCUT2D eigenvalue weighted by Gasteiger charge is 2.33. The van der Waals surface area contributed by atoms with Gasteiger partial charge in [-0.15, -0.1) is 0 Å². The van der Waals surface area contributed by atoms with E-state index in [-0.39, 0.29) is 12.2 Å². The largest absolute Gasteiger partial charge is 0.463 e. The highest BCUT2D eigenvalue weighted by molar-refractivity contribution is 7.07. The lowest BCUT2D eigenvalue weighted by Crippen LogP contribution is -2.39. The van der Waals surface area contributed by atoms with Crippen molar-refractivity contribution in [1.29, 1.82) is 0 Å². The molecule has 40 heavy (non-hydrogen) atoms. The average molecular weight is 574 g/mol. The van der Waals surface area contributed by atoms with Crippen molar-refractivity contribution >= 4 is 35.0 Å². The first-order valence-corrected chi connectivity index (χ1v) is 14.5. The number of hydrogen-bond acceptors (Lipinski definition) is 5. The number of esters is 1. The Labute approximate surface area is 242 Å². The summed E-state index contributed by atoms with van der Waals surface area (Å²) < 4.78 is 9.75. The van der Waals surface area contributed by atoms with Crippen molar-refractivity contribution in [2.45, 2.75) is 53.5 Å². The molecule has 1 atom stereocenters. The maximum Gasteiger partial charge on any atom is 0.338 e. The van der Waals surface area contributed by atoms with Crippen molar-refractivity contribution in [3.8, 4) is 5.69 Å². The van der Waals surface area contributed by atoms with Crippen molar-refractivity contribution < 1.29 is 9.53 Å². The number of fused-ring (bicyclic) bond motifs is 1. The summed E-state index contributed by atoms with van der Waals surface area (Å²) >= 11 is 7.43. The number of aryl methyl sites for hydroxylation is 1. The van der Waals surface area contributed by atoms with Crippen LogP contribution in [0.15, 0.2) is 75.7 Å². The van der Waals surface area contributed by atoms with E-state index >= 15 is 0 Å². The molecular formula is C32H32ClN3O3S. The van der Waals surface area contributed by atoms with Gasteiger partial charge in [0.15, 0.2) is 4.80 Å². The molecule has 8 heteroatoms. The summed E-state index contributed by atoms with van der Waals surface area (Å²) in [6.45, 7) is 12.2. The van der Waals surface area contributed by atoms with Crippen LogP contribution in [0.4, 0.5) is 0 Å². The lowest BCUT2D eigenvalue weighted by molar-refractivity contribution is -0.139. The van der Waals surface area contributed by atoms with Crippen LogP contribution in [0.25, 0.3) is 11.8 Å². The van der Waals surface area contributed by atoms with Crippen LogP contribution in [0.3, 0.4) is 0 Å². The Morgan fingerprint density at radius 3 is 2.40 bits per heavy atom. The number of ether oxygens (including phenoxy) is 1. The molecule has 1 aliphatic rings. The topological polar surface area (TPSA) is 65.6 Å². The second-order valence-corrected chi connectivity index (χ2v) is 11.7. The van der Waals surface area contributed by atoms with Crippen molar-refractivity contribution in [2.24, 2.45) is 4.99 Å². The summed E-state index contributed by atoms with van der Waals surface area (Å²) in [6, 6.07) is 17.2. The number of thiazole rings is 1. The van der Waals surface area contributed by atoms with Crippen LogP contribution >= 0.6 is 22.9 Å². The lowest BCUT2D eigenvalue weighted by atomic mass is 9.93. The van der Waals surface area contributed by atoms with Crippen molar-refractivity contribution in [1.82, 2.24) is 9.13 Å². The van der Waals surface area contributed by atoms with E-state index < -0.39 is 12.0 Å². The number of carbonyl (C=O) groups excluding carboxylic acids is 1. The summed E-state index contributed by atoms with van der Waals surface area (Å²) in [5.74, 6) is -0.0906. The third kappa shape index (κ3) is 5.00. The Bertz CT molecular complexity index is 1810. The molecule has 0 amide bonds. The molecule has 0 radical (unpaired) electrons. The number of rotatable bonds is 6. The molecule has 4 aromatic rings. The molecule has 3 heterocycles. The maximum absolute atomic E-state index is 14.0. The average Bonchev–Trinajstić information content (AvgIpc) is 3.38. The van der Waals surface area contributed by atoms with E-state index in [2.05, 4.69) is 36.6 Å². The number of allylic oxidation sites excluding steroid dienone is 1. The highest BCUT2D eigenvalue weighted by atomic mass is 35.5. The minimum atomic E-state index is -0.625. The Morgan fingerprint density at radius 2 is 1.77 bits per heavy atom. The summed E-state index contributed by atoms with van der Waals surface area (Å²) in [5, 5.41) is 0.679. The van der Waals surface area contributed by atoms with E-state index in [4.69, 9.17) is 21.3 Å². The van der Waals surface area contributed by atoms with E-state index in [1.165, 1.54) is 16.9 Å². The Balaban J connectivity index is 1.67. The van der Waals surface area contributed by atoms with Crippen molar-refractivity contribution in [3.63, 3.8) is 0 Å². The number of nitrogens with zero attached hydrogens (tertiary/aromatic N) is 3. The molecule has 0 aliphatic carbocycles. The van der Waals surface area contributed by atoms with Crippen LogP contribution in [-0.2, 0) is 9.53 Å². The zero-order valence-corrected chi connectivity index (χ0v) is 25.1. The van der Waals surface area contributed by atoms with Crippen LogP contribution in [-0.4, -0.2) is 21.7 Å². The van der Waals surface area contributed by atoms with Gasteiger partial charge in [0.05, 0.1) is 28.5 Å². The molecule has 5 rings (SSSR count). The zero-order chi connectivity index (χ0) is 28.7. The first-order valence-electron chi connectivity index (χ1n) is 13.3. The monoisotopic (exact) mass is 573 g/mol. The van der Waals surface area contributed by atoms with Gasteiger partial charge in [-0.25, -0.2) is 9.79 Å². The van der Waals surface area contributed by atoms with Gasteiger partial charge in [0.1, 0.15) is 0 Å². The number of hydrogen-bond donors (Lipinski definition) is 0. The number of carbonyl (C=O) groups is 1. The van der Waals surface area contributed by atoms with Gasteiger partial charge in [-0.1, -0.05) is 61.1 Å². The molecule has 0 bridgehead atoms. The summed E-state index contributed by atoms with van der Waals surface area (Å²) in [5.41, 5.74) is 6.78. The lowest BCUT2D eigenvalue weighted by Gasteiger charge is -2.25. The van der Waals surface area contributed by atoms with E-state index in [0.29, 0.717) is 31.5 Å². The van der Waals surface area contributed by atoms with E-state index in [9.17, 15) is 9.59 Å². The standard InChI is InChI=1S/C32H32ClN3O3S/c1-7-39-31(38)28-20(5)34-32-36(29(28)23-10-8-22(9-11-23)18(2)3)30(37)27(40-32)17-24-16-19(4)35(21(24)6)26-14-12-25(33)13-15-26/h8-18,29H,7H2,1-6H3/b27-17-/t29-/m1/s1. The molecule has 2 aromatic carbocycles. The fourth-order valence-corrected chi connectivity index (χ4v) is 6.40. The second kappa shape index (κ2) is 11.1. The van der Waals surface area contributed by atoms with E-state index in [0.717, 1.165) is 28.2 Å². The maximum atomic E-state index is 14.0. The second-order valence-electron chi connectivity index (χ2n) is 10.3. The normalized spacial score (nSPS) is 15.4. The van der Waals surface area contributed by atoms with Gasteiger partial charge in [0, 0.05) is 22.1 Å². The summed E-state index contributed by atoms with van der Waals surface area (Å²) in [6.07, 6.45) is 1.92. The number of benzene rings is 2. The van der Waals surface area contributed by atoms with Crippen LogP contribution in [0.2, 0.25) is 5.02 Å². The highest BCUT2D eigenvalue weighted by Crippen LogP contribution is 2.31. The minimum absolute atomic E-state index is 0.188. The van der Waals surface area contributed by atoms with Gasteiger partial charge in [-0.05, 0) is 86.7 Å². The predicted molar refractivity (Wildman–Crippen MR) is 161 cm³/mol. The fraction of sp³-hybridized carbons (Fsp3) is 0.281. The molecule has 0 saturated heterocycles. The first kappa shape index (κ1) is 27.9. The van der Waals surface area contributed by atoms with Crippen molar-refractivity contribution in [2.75, 3.05) is 6.61 Å². The van der Waals surface area contributed by atoms with Crippen LogP contribution < -0.4 is 14.9 Å². The zero-order valence-electron chi connectivity index (χ0n) is 23.5. The quantitative estimate of drug-likeness (QED) is 0.266. The van der Waals surface area contributed by atoms with Gasteiger partial charge in [-0.3, -0.25) is 9.36 Å². The third-order valence-corrected chi connectivity index (χ3v) is 8.51. The molecule has 206 valence electrons. The Morgan fingerprint density at radius 1 is 1.10 bits per heavy atom. The molecular weight excluding hydrogens is 542 g/mol. The van der Waals surface area contributed by atoms with Gasteiger partial charge in [0.2, 0.25) is 0 Å². The van der Waals surface area contributed by atoms with Gasteiger partial charge < -0.3 is 9.30 Å².